The third-order valence-corrected chi connectivity index (χ3v) is 7.67. The summed E-state index contributed by atoms with van der Waals surface area (Å²) < 4.78 is 32.7. The maximum absolute atomic E-state index is 13.1. The molecule has 2 aromatic carbocycles. The molecule has 1 saturated heterocycles. The number of carbonyl (C=O) groups is 2. The second kappa shape index (κ2) is 10.3. The number of sulfonamides is 1. The van der Waals surface area contributed by atoms with Crippen LogP contribution in [0.1, 0.15) is 41.3 Å². The molecule has 0 aromatic heterocycles. The van der Waals surface area contributed by atoms with Gasteiger partial charge in [0.15, 0.2) is 5.78 Å². The summed E-state index contributed by atoms with van der Waals surface area (Å²) in [6, 6.07) is 12.0. The number of ketones is 1. The van der Waals surface area contributed by atoms with Gasteiger partial charge in [0.25, 0.3) is 0 Å². The monoisotopic (exact) mass is 458 g/mol. The lowest BCUT2D eigenvalue weighted by Crippen LogP contribution is -2.40. The van der Waals surface area contributed by atoms with Crippen molar-refractivity contribution in [3.63, 3.8) is 0 Å². The van der Waals surface area contributed by atoms with Gasteiger partial charge in [0.2, 0.25) is 10.0 Å². The van der Waals surface area contributed by atoms with Gasteiger partial charge in [-0.1, -0.05) is 30.3 Å². The van der Waals surface area contributed by atoms with Gasteiger partial charge in [0.1, 0.15) is 0 Å². The number of carbonyl (C=O) groups excluding carboxylic acids is 2. The Labute approximate surface area is 189 Å². The summed E-state index contributed by atoms with van der Waals surface area (Å²) in [5.74, 6) is -0.732. The Morgan fingerprint density at radius 3 is 2.31 bits per heavy atom. The quantitative estimate of drug-likeness (QED) is 0.480. The first-order valence-electron chi connectivity index (χ1n) is 10.8. The topological polar surface area (TPSA) is 92.8 Å². The van der Waals surface area contributed by atoms with Gasteiger partial charge < -0.3 is 10.1 Å². The third-order valence-electron chi connectivity index (χ3n) is 5.77. The van der Waals surface area contributed by atoms with Crippen LogP contribution in [0.15, 0.2) is 47.4 Å². The normalized spacial score (nSPS) is 15.3. The van der Waals surface area contributed by atoms with Crippen molar-refractivity contribution in [1.82, 2.24) is 4.31 Å². The molecule has 1 fully saturated rings. The minimum Gasteiger partial charge on any atom is -0.466 e. The molecule has 0 unspecified atom stereocenters. The lowest BCUT2D eigenvalue weighted by Gasteiger charge is -2.30. The Kier molecular flexibility index (Phi) is 7.69. The predicted octanol–water partition coefficient (Wildman–Crippen LogP) is 3.56. The van der Waals surface area contributed by atoms with Crippen LogP contribution < -0.4 is 5.32 Å². The molecule has 0 saturated carbocycles. The van der Waals surface area contributed by atoms with E-state index < -0.39 is 10.0 Å². The fourth-order valence-electron chi connectivity index (χ4n) is 3.94. The van der Waals surface area contributed by atoms with E-state index in [0.717, 1.165) is 16.8 Å². The molecule has 0 bridgehead atoms. The molecule has 172 valence electrons. The average molecular weight is 459 g/mol. The van der Waals surface area contributed by atoms with E-state index in [2.05, 4.69) is 5.32 Å². The number of nitrogens with one attached hydrogen (secondary N) is 1. The van der Waals surface area contributed by atoms with Crippen molar-refractivity contribution in [3.8, 4) is 0 Å². The van der Waals surface area contributed by atoms with Crippen LogP contribution in [0.4, 0.5) is 5.69 Å². The molecule has 0 atom stereocenters. The number of hydrogen-bond acceptors (Lipinski definition) is 6. The van der Waals surface area contributed by atoms with Gasteiger partial charge in [0.05, 0.1) is 24.0 Å². The van der Waals surface area contributed by atoms with Crippen LogP contribution >= 0.6 is 0 Å². The van der Waals surface area contributed by atoms with E-state index in [0.29, 0.717) is 25.0 Å². The number of benzene rings is 2. The summed E-state index contributed by atoms with van der Waals surface area (Å²) in [4.78, 5) is 24.8. The summed E-state index contributed by atoms with van der Waals surface area (Å²) in [7, 11) is -3.75. The van der Waals surface area contributed by atoms with Crippen LogP contribution in [-0.4, -0.2) is 50.7 Å². The standard InChI is InChI=1S/C24H30N2O5S/c1-4-31-24(28)19-11-13-26(14-12-19)32(29,30)21-10-6-9-20(15-21)22(27)16-25-23-17(2)7-5-8-18(23)3/h5-10,15,19,25H,4,11-14,16H2,1-3H3. The first-order chi connectivity index (χ1) is 15.2. The van der Waals surface area contributed by atoms with Crippen molar-refractivity contribution in [1.29, 1.82) is 0 Å². The highest BCUT2D eigenvalue weighted by molar-refractivity contribution is 7.89. The average Bonchev–Trinajstić information content (AvgIpc) is 2.79. The minimum atomic E-state index is -3.75. The molecule has 0 radical (unpaired) electrons. The van der Waals surface area contributed by atoms with Gasteiger partial charge >= 0.3 is 5.97 Å². The van der Waals surface area contributed by atoms with Gasteiger partial charge in [0, 0.05) is 24.3 Å². The van der Waals surface area contributed by atoms with Crippen LogP contribution in [0.2, 0.25) is 0 Å². The van der Waals surface area contributed by atoms with E-state index in [9.17, 15) is 18.0 Å². The lowest BCUT2D eigenvalue weighted by molar-refractivity contribution is -0.149. The van der Waals surface area contributed by atoms with Crippen molar-refractivity contribution in [2.24, 2.45) is 5.92 Å². The SMILES string of the molecule is CCOC(=O)C1CCN(S(=O)(=O)c2cccc(C(=O)CNc3c(C)cccc3C)c2)CC1. The number of piperidine rings is 1. The number of para-hydroxylation sites is 1. The zero-order chi connectivity index (χ0) is 23.3. The van der Waals surface area contributed by atoms with E-state index in [1.807, 2.05) is 32.0 Å². The summed E-state index contributed by atoms with van der Waals surface area (Å²) in [5, 5.41) is 3.17. The number of esters is 1. The largest absolute Gasteiger partial charge is 0.466 e. The second-order valence-electron chi connectivity index (χ2n) is 8.00. The Morgan fingerprint density at radius 2 is 1.69 bits per heavy atom. The summed E-state index contributed by atoms with van der Waals surface area (Å²) in [5.41, 5.74) is 3.33. The Balaban J connectivity index is 1.68. The number of anilines is 1. The highest BCUT2D eigenvalue weighted by atomic mass is 32.2. The Bertz CT molecular complexity index is 1070. The second-order valence-corrected chi connectivity index (χ2v) is 9.94. The number of nitrogens with zero attached hydrogens (tertiary/aromatic N) is 1. The lowest BCUT2D eigenvalue weighted by atomic mass is 9.98. The predicted molar refractivity (Wildman–Crippen MR) is 123 cm³/mol. The van der Waals surface area contributed by atoms with Crippen LogP contribution in [0.5, 0.6) is 0 Å². The number of hydrogen-bond donors (Lipinski definition) is 1. The van der Waals surface area contributed by atoms with Crippen LogP contribution in [-0.2, 0) is 19.6 Å². The Morgan fingerprint density at radius 1 is 1.06 bits per heavy atom. The molecule has 32 heavy (non-hydrogen) atoms. The molecule has 2 aromatic rings. The molecular formula is C24H30N2O5S. The maximum atomic E-state index is 13.1. The van der Waals surface area contributed by atoms with Crippen LogP contribution in [0, 0.1) is 19.8 Å². The molecular weight excluding hydrogens is 428 g/mol. The fourth-order valence-corrected chi connectivity index (χ4v) is 5.45. The summed E-state index contributed by atoms with van der Waals surface area (Å²) >= 11 is 0. The number of rotatable bonds is 8. The van der Waals surface area contributed by atoms with Crippen molar-refractivity contribution >= 4 is 27.5 Å². The molecule has 1 aliphatic heterocycles. The van der Waals surface area contributed by atoms with Crippen molar-refractivity contribution < 1.29 is 22.7 Å². The third kappa shape index (κ3) is 5.37. The zero-order valence-electron chi connectivity index (χ0n) is 18.8. The number of aryl methyl sites for hydroxylation is 2. The first-order valence-corrected chi connectivity index (χ1v) is 12.3. The maximum Gasteiger partial charge on any atom is 0.309 e. The Hall–Kier alpha value is -2.71. The van der Waals surface area contributed by atoms with Crippen LogP contribution in [0.3, 0.4) is 0 Å². The van der Waals surface area contributed by atoms with Gasteiger partial charge in [-0.2, -0.15) is 4.31 Å². The molecule has 1 heterocycles. The fraction of sp³-hybridized carbons (Fsp3) is 0.417. The van der Waals surface area contributed by atoms with E-state index in [1.165, 1.54) is 16.4 Å². The molecule has 0 amide bonds. The minimum absolute atomic E-state index is 0.0696. The highest BCUT2D eigenvalue weighted by Crippen LogP contribution is 2.25. The summed E-state index contributed by atoms with van der Waals surface area (Å²) in [6.45, 7) is 6.58. The smallest absolute Gasteiger partial charge is 0.309 e. The van der Waals surface area contributed by atoms with Gasteiger partial charge in [-0.25, -0.2) is 8.42 Å². The molecule has 0 spiro atoms. The number of ether oxygens (including phenoxy) is 1. The van der Waals surface area contributed by atoms with E-state index >= 15 is 0 Å². The molecule has 7 nitrogen and oxygen atoms in total. The highest BCUT2D eigenvalue weighted by Gasteiger charge is 2.33. The van der Waals surface area contributed by atoms with Gasteiger partial charge in [-0.15, -0.1) is 0 Å². The molecule has 1 N–H and O–H groups in total. The van der Waals surface area contributed by atoms with Crippen molar-refractivity contribution in [3.05, 3.63) is 59.2 Å². The summed E-state index contributed by atoms with van der Waals surface area (Å²) in [6.07, 6.45) is 0.854. The molecule has 8 heteroatoms. The van der Waals surface area contributed by atoms with Crippen LogP contribution in [0.25, 0.3) is 0 Å². The molecule has 0 aliphatic carbocycles. The van der Waals surface area contributed by atoms with Crippen molar-refractivity contribution in [2.45, 2.75) is 38.5 Å². The number of Topliss-reactive ketones (excluding diaryl/α,β-unsaturated/α-hetero) is 1. The van der Waals surface area contributed by atoms with Crippen molar-refractivity contribution in [2.75, 3.05) is 31.6 Å². The van der Waals surface area contributed by atoms with Gasteiger partial charge in [-0.3, -0.25) is 9.59 Å². The first kappa shape index (κ1) is 23.9. The van der Waals surface area contributed by atoms with E-state index in [4.69, 9.17) is 4.74 Å². The van der Waals surface area contributed by atoms with E-state index in [-0.39, 0.29) is 42.2 Å². The van der Waals surface area contributed by atoms with Gasteiger partial charge in [-0.05, 0) is 56.9 Å². The van der Waals surface area contributed by atoms with E-state index in [1.54, 1.807) is 19.1 Å². The molecule has 1 aliphatic rings. The zero-order valence-corrected chi connectivity index (χ0v) is 19.6. The molecule has 3 rings (SSSR count).